The Balaban J connectivity index is 1.27. The third kappa shape index (κ3) is 8.34. The molecule has 1 saturated heterocycles. The van der Waals surface area contributed by atoms with Crippen LogP contribution in [0.15, 0.2) is 121 Å². The smallest absolute Gasteiger partial charge is 0.321 e. The number of ether oxygens (including phenoxy) is 1. The van der Waals surface area contributed by atoms with Gasteiger partial charge in [-0.2, -0.15) is 0 Å². The fraction of sp³-hybridized carbons (Fsp3) is 0.270. The number of para-hydroxylation sites is 1. The number of anilines is 1. The van der Waals surface area contributed by atoms with Crippen molar-refractivity contribution in [1.82, 2.24) is 14.7 Å². The molecule has 222 valence electrons. The number of carbonyl (C=O) groups excluding carboxylic acids is 1. The summed E-state index contributed by atoms with van der Waals surface area (Å²) in [6.45, 7) is 8.12. The molecule has 0 radical (unpaired) electrons. The Labute approximate surface area is 256 Å². The molecule has 0 bridgehead atoms. The van der Waals surface area contributed by atoms with Crippen molar-refractivity contribution in [2.75, 3.05) is 58.2 Å². The number of hydrogen-bond donors (Lipinski definition) is 1. The van der Waals surface area contributed by atoms with Crippen molar-refractivity contribution >= 4 is 17.3 Å². The van der Waals surface area contributed by atoms with Gasteiger partial charge >= 0.3 is 6.03 Å². The molecule has 0 spiro atoms. The van der Waals surface area contributed by atoms with Crippen LogP contribution >= 0.6 is 0 Å². The third-order valence-electron chi connectivity index (χ3n) is 8.23. The van der Waals surface area contributed by atoms with Gasteiger partial charge in [0.15, 0.2) is 0 Å². The van der Waals surface area contributed by atoms with Gasteiger partial charge in [0, 0.05) is 57.5 Å². The molecular formula is C37H42N4O2. The van der Waals surface area contributed by atoms with E-state index in [0.29, 0.717) is 0 Å². The van der Waals surface area contributed by atoms with Gasteiger partial charge in [-0.05, 0) is 53.5 Å². The first-order valence-corrected chi connectivity index (χ1v) is 15.1. The number of amides is 2. The van der Waals surface area contributed by atoms with Crippen molar-refractivity contribution < 1.29 is 9.53 Å². The first-order valence-electron chi connectivity index (χ1n) is 15.1. The Hall–Kier alpha value is -4.39. The molecule has 1 atom stereocenters. The standard InChI is InChI=1S/C37H42N4O2/c1-30(31-18-20-35(43-2)21-19-31)40(23-22-36(32-12-6-3-7-13-32)33-14-8-4-9-15-33)27-24-39-25-28-41(29-26-39)37(42)38-34-16-10-5-11-17-34/h3-22,30H,23-29H2,1-2H3,(H,38,42)/t30-/m1/s1. The molecule has 0 saturated carbocycles. The third-order valence-corrected chi connectivity index (χ3v) is 8.23. The summed E-state index contributed by atoms with van der Waals surface area (Å²) in [6, 6.07) is 39.5. The second kappa shape index (κ2) is 15.2. The average Bonchev–Trinajstić information content (AvgIpc) is 3.07. The van der Waals surface area contributed by atoms with E-state index in [-0.39, 0.29) is 12.1 Å². The van der Waals surface area contributed by atoms with E-state index >= 15 is 0 Å². The molecule has 43 heavy (non-hydrogen) atoms. The van der Waals surface area contributed by atoms with Crippen LogP contribution in [0, 0.1) is 0 Å². The molecule has 4 aromatic carbocycles. The molecule has 2 amide bonds. The number of nitrogens with zero attached hydrogens (tertiary/aromatic N) is 3. The van der Waals surface area contributed by atoms with Crippen molar-refractivity contribution in [1.29, 1.82) is 0 Å². The maximum absolute atomic E-state index is 12.8. The molecule has 6 heteroatoms. The Morgan fingerprint density at radius 1 is 0.814 bits per heavy atom. The average molecular weight is 575 g/mol. The molecule has 1 heterocycles. The molecule has 1 N–H and O–H groups in total. The molecule has 4 aromatic rings. The highest BCUT2D eigenvalue weighted by Gasteiger charge is 2.23. The highest BCUT2D eigenvalue weighted by molar-refractivity contribution is 5.89. The van der Waals surface area contributed by atoms with Crippen molar-refractivity contribution in [3.05, 3.63) is 138 Å². The van der Waals surface area contributed by atoms with E-state index < -0.39 is 0 Å². The Morgan fingerprint density at radius 3 is 1.93 bits per heavy atom. The lowest BCUT2D eigenvalue weighted by molar-refractivity contribution is 0.127. The van der Waals surface area contributed by atoms with Crippen LogP contribution in [-0.4, -0.2) is 73.7 Å². The van der Waals surface area contributed by atoms with E-state index in [2.05, 4.69) is 101 Å². The summed E-state index contributed by atoms with van der Waals surface area (Å²) >= 11 is 0. The van der Waals surface area contributed by atoms with Crippen LogP contribution in [0.2, 0.25) is 0 Å². The van der Waals surface area contributed by atoms with Crippen molar-refractivity contribution in [2.24, 2.45) is 0 Å². The van der Waals surface area contributed by atoms with Gasteiger partial charge in [0.2, 0.25) is 0 Å². The Kier molecular flexibility index (Phi) is 10.6. The molecule has 0 unspecified atom stereocenters. The topological polar surface area (TPSA) is 48.1 Å². The normalized spacial score (nSPS) is 14.3. The van der Waals surface area contributed by atoms with E-state index in [1.54, 1.807) is 7.11 Å². The van der Waals surface area contributed by atoms with Gasteiger partial charge < -0.3 is 15.0 Å². The van der Waals surface area contributed by atoms with Crippen molar-refractivity contribution in [3.8, 4) is 5.75 Å². The van der Waals surface area contributed by atoms with Crippen LogP contribution in [0.5, 0.6) is 5.75 Å². The number of carbonyl (C=O) groups is 1. The number of piperazine rings is 1. The zero-order valence-corrected chi connectivity index (χ0v) is 25.2. The molecule has 1 fully saturated rings. The van der Waals surface area contributed by atoms with Gasteiger partial charge in [-0.25, -0.2) is 4.79 Å². The van der Waals surface area contributed by atoms with Crippen LogP contribution in [-0.2, 0) is 0 Å². The maximum atomic E-state index is 12.8. The molecule has 1 aliphatic heterocycles. The zero-order valence-electron chi connectivity index (χ0n) is 25.2. The summed E-state index contributed by atoms with van der Waals surface area (Å²) in [6.07, 6.45) is 2.37. The summed E-state index contributed by atoms with van der Waals surface area (Å²) in [5.74, 6) is 0.868. The number of hydrogen-bond acceptors (Lipinski definition) is 4. The van der Waals surface area contributed by atoms with E-state index in [1.165, 1.54) is 22.3 Å². The molecule has 6 nitrogen and oxygen atoms in total. The lowest BCUT2D eigenvalue weighted by Crippen LogP contribution is -2.51. The monoisotopic (exact) mass is 574 g/mol. The fourth-order valence-electron chi connectivity index (χ4n) is 5.55. The van der Waals surface area contributed by atoms with Gasteiger partial charge in [0.25, 0.3) is 0 Å². The number of rotatable bonds is 11. The number of nitrogens with one attached hydrogen (secondary N) is 1. The zero-order chi connectivity index (χ0) is 29.9. The largest absolute Gasteiger partial charge is 0.497 e. The van der Waals surface area contributed by atoms with Crippen LogP contribution in [0.1, 0.15) is 29.7 Å². The van der Waals surface area contributed by atoms with E-state index in [0.717, 1.165) is 57.3 Å². The minimum absolute atomic E-state index is 0.0277. The minimum Gasteiger partial charge on any atom is -0.497 e. The van der Waals surface area contributed by atoms with Crippen LogP contribution in [0.4, 0.5) is 10.5 Å². The lowest BCUT2D eigenvalue weighted by Gasteiger charge is -2.37. The van der Waals surface area contributed by atoms with E-state index in [4.69, 9.17) is 4.74 Å². The van der Waals surface area contributed by atoms with E-state index in [1.807, 2.05) is 47.4 Å². The number of urea groups is 1. The van der Waals surface area contributed by atoms with Crippen molar-refractivity contribution in [3.63, 3.8) is 0 Å². The second-order valence-corrected chi connectivity index (χ2v) is 10.9. The van der Waals surface area contributed by atoms with Crippen LogP contribution in [0.25, 0.3) is 5.57 Å². The SMILES string of the molecule is COc1ccc([C@@H](C)N(CC=C(c2ccccc2)c2ccccc2)CCN2CCN(C(=O)Nc3ccccc3)CC2)cc1. The second-order valence-electron chi connectivity index (χ2n) is 10.9. The highest BCUT2D eigenvalue weighted by Crippen LogP contribution is 2.26. The van der Waals surface area contributed by atoms with Gasteiger partial charge in [0.05, 0.1) is 7.11 Å². The molecule has 5 rings (SSSR count). The molecule has 0 aliphatic carbocycles. The summed E-state index contributed by atoms with van der Waals surface area (Å²) in [4.78, 5) is 19.7. The van der Waals surface area contributed by atoms with Gasteiger partial charge in [-0.1, -0.05) is 97.1 Å². The Morgan fingerprint density at radius 2 is 1.37 bits per heavy atom. The first kappa shape index (κ1) is 30.1. The van der Waals surface area contributed by atoms with Crippen LogP contribution in [0.3, 0.4) is 0 Å². The molecular weight excluding hydrogens is 532 g/mol. The van der Waals surface area contributed by atoms with Gasteiger partial charge in [-0.3, -0.25) is 9.80 Å². The van der Waals surface area contributed by atoms with Gasteiger partial charge in [-0.15, -0.1) is 0 Å². The predicted molar refractivity (Wildman–Crippen MR) is 176 cm³/mol. The first-order chi connectivity index (χ1) is 21.1. The number of methoxy groups -OCH3 is 1. The van der Waals surface area contributed by atoms with Gasteiger partial charge in [0.1, 0.15) is 5.75 Å². The quantitative estimate of drug-likeness (QED) is 0.209. The Bertz CT molecular complexity index is 1390. The summed E-state index contributed by atoms with van der Waals surface area (Å²) in [5.41, 5.74) is 5.77. The van der Waals surface area contributed by atoms with Crippen molar-refractivity contribution in [2.45, 2.75) is 13.0 Å². The summed E-state index contributed by atoms with van der Waals surface area (Å²) in [5, 5.41) is 3.02. The lowest BCUT2D eigenvalue weighted by atomic mass is 9.97. The predicted octanol–water partition coefficient (Wildman–Crippen LogP) is 7.04. The summed E-state index contributed by atoms with van der Waals surface area (Å²) < 4.78 is 5.41. The number of benzene rings is 4. The highest BCUT2D eigenvalue weighted by atomic mass is 16.5. The summed E-state index contributed by atoms with van der Waals surface area (Å²) in [7, 11) is 1.70. The molecule has 0 aromatic heterocycles. The van der Waals surface area contributed by atoms with Crippen LogP contribution < -0.4 is 10.1 Å². The minimum atomic E-state index is -0.0277. The van der Waals surface area contributed by atoms with E-state index in [9.17, 15) is 4.79 Å². The fourth-order valence-corrected chi connectivity index (χ4v) is 5.55. The maximum Gasteiger partial charge on any atom is 0.321 e. The molecule has 1 aliphatic rings.